The van der Waals surface area contributed by atoms with Gasteiger partial charge in [-0.3, -0.25) is 4.79 Å². The maximum atomic E-state index is 12.6. The number of halogens is 1. The van der Waals surface area contributed by atoms with Crippen LogP contribution in [0.1, 0.15) is 12.8 Å². The van der Waals surface area contributed by atoms with Gasteiger partial charge in [-0.1, -0.05) is 33.2 Å². The van der Waals surface area contributed by atoms with E-state index in [1.807, 2.05) is 36.4 Å². The lowest BCUT2D eigenvalue weighted by Crippen LogP contribution is -2.37. The van der Waals surface area contributed by atoms with E-state index in [1.165, 1.54) is 4.90 Å². The van der Waals surface area contributed by atoms with Crippen molar-refractivity contribution in [3.05, 3.63) is 58.9 Å². The maximum Gasteiger partial charge on any atom is 0.263 e. The molecule has 0 N–H and O–H groups in total. The Kier molecular flexibility index (Phi) is 6.30. The van der Waals surface area contributed by atoms with Crippen molar-refractivity contribution >= 4 is 21.8 Å². The minimum absolute atomic E-state index is 0.184. The zero-order chi connectivity index (χ0) is 20.1. The molecule has 0 aliphatic heterocycles. The quantitative estimate of drug-likeness (QED) is 0.548. The number of carbonyl (C=O) groups excluding carboxylic acids is 1. The summed E-state index contributed by atoms with van der Waals surface area (Å²) in [6.07, 6.45) is -0.646. The Bertz CT molecular complexity index is 943. The highest BCUT2D eigenvalue weighted by atomic mass is 79.9. The van der Waals surface area contributed by atoms with Gasteiger partial charge >= 0.3 is 0 Å². The van der Waals surface area contributed by atoms with E-state index < -0.39 is 6.10 Å². The lowest BCUT2D eigenvalue weighted by molar-refractivity contribution is -0.137. The van der Waals surface area contributed by atoms with Crippen molar-refractivity contribution in [2.75, 3.05) is 14.2 Å². The third-order valence-electron chi connectivity index (χ3n) is 4.02. The van der Waals surface area contributed by atoms with Gasteiger partial charge in [0, 0.05) is 17.1 Å². The summed E-state index contributed by atoms with van der Waals surface area (Å²) in [7, 11) is 3.26. The topological polar surface area (TPSA) is 77.7 Å². The molecule has 1 heterocycles. The third-order valence-corrected chi connectivity index (χ3v) is 4.55. The summed E-state index contributed by atoms with van der Waals surface area (Å²) >= 11 is 3.37. The summed E-state index contributed by atoms with van der Waals surface area (Å²) in [5, 5.41) is 3.98. The SMILES string of the molecule is COc1cccc(-c2noc(CN(C)C(=O)[C@H](C)Oc3ccc(Br)cc3)n2)c1. The van der Waals surface area contributed by atoms with Crippen LogP contribution in [0, 0.1) is 0 Å². The second-order valence-electron chi connectivity index (χ2n) is 6.15. The molecule has 8 heteroatoms. The maximum absolute atomic E-state index is 12.6. The van der Waals surface area contributed by atoms with Crippen molar-refractivity contribution in [2.24, 2.45) is 0 Å². The molecule has 0 saturated carbocycles. The highest BCUT2D eigenvalue weighted by Gasteiger charge is 2.21. The monoisotopic (exact) mass is 445 g/mol. The third kappa shape index (κ3) is 4.89. The molecule has 7 nitrogen and oxygen atoms in total. The molecule has 1 aromatic heterocycles. The van der Waals surface area contributed by atoms with Crippen molar-refractivity contribution < 1.29 is 18.8 Å². The highest BCUT2D eigenvalue weighted by molar-refractivity contribution is 9.10. The minimum atomic E-state index is -0.646. The number of ether oxygens (including phenoxy) is 2. The van der Waals surface area contributed by atoms with Crippen LogP contribution >= 0.6 is 15.9 Å². The first kappa shape index (κ1) is 19.9. The number of aromatic nitrogens is 2. The molecule has 2 aromatic carbocycles. The molecule has 1 amide bonds. The molecular weight excluding hydrogens is 426 g/mol. The molecule has 1 atom stereocenters. The van der Waals surface area contributed by atoms with Crippen LogP contribution in [0.2, 0.25) is 0 Å². The van der Waals surface area contributed by atoms with Gasteiger partial charge in [-0.15, -0.1) is 0 Å². The Labute approximate surface area is 171 Å². The largest absolute Gasteiger partial charge is 0.497 e. The second kappa shape index (κ2) is 8.88. The van der Waals surface area contributed by atoms with Gasteiger partial charge in [-0.25, -0.2) is 0 Å². The molecule has 0 unspecified atom stereocenters. The number of likely N-dealkylation sites (N-methyl/N-ethyl adjacent to an activating group) is 1. The second-order valence-corrected chi connectivity index (χ2v) is 7.07. The summed E-state index contributed by atoms with van der Waals surface area (Å²) in [5.41, 5.74) is 0.773. The number of nitrogens with zero attached hydrogens (tertiary/aromatic N) is 3. The molecule has 146 valence electrons. The standard InChI is InChI=1S/C20H20BrN3O4/c1-13(27-16-9-7-15(21)8-10-16)20(25)24(2)12-18-22-19(23-28-18)14-5-4-6-17(11-14)26-3/h4-11,13H,12H2,1-3H3/t13-/m0/s1. The van der Waals surface area contributed by atoms with Gasteiger partial charge in [-0.05, 0) is 43.3 Å². The molecule has 0 fully saturated rings. The van der Waals surface area contributed by atoms with Crippen molar-refractivity contribution in [3.8, 4) is 22.9 Å². The Hall–Kier alpha value is -2.87. The molecule has 0 spiro atoms. The number of benzene rings is 2. The van der Waals surface area contributed by atoms with Gasteiger partial charge in [0.05, 0.1) is 13.7 Å². The molecular formula is C20H20BrN3O4. The van der Waals surface area contributed by atoms with Crippen LogP contribution in [-0.4, -0.2) is 41.2 Å². The van der Waals surface area contributed by atoms with Gasteiger partial charge in [0.15, 0.2) is 6.10 Å². The molecule has 3 aromatic rings. The lowest BCUT2D eigenvalue weighted by Gasteiger charge is -2.20. The number of hydrogen-bond acceptors (Lipinski definition) is 6. The minimum Gasteiger partial charge on any atom is -0.497 e. The van der Waals surface area contributed by atoms with Crippen LogP contribution in [0.3, 0.4) is 0 Å². The Morgan fingerprint density at radius 3 is 2.68 bits per heavy atom. The lowest BCUT2D eigenvalue weighted by atomic mass is 10.2. The van der Waals surface area contributed by atoms with E-state index in [2.05, 4.69) is 26.1 Å². The van der Waals surface area contributed by atoms with Gasteiger partial charge in [0.1, 0.15) is 11.5 Å². The van der Waals surface area contributed by atoms with E-state index in [0.29, 0.717) is 23.2 Å². The van der Waals surface area contributed by atoms with Crippen LogP contribution in [-0.2, 0) is 11.3 Å². The first-order valence-electron chi connectivity index (χ1n) is 8.60. The van der Waals surface area contributed by atoms with Gasteiger partial charge < -0.3 is 18.9 Å². The zero-order valence-corrected chi connectivity index (χ0v) is 17.3. The van der Waals surface area contributed by atoms with Crippen LogP contribution in [0.4, 0.5) is 0 Å². The van der Waals surface area contributed by atoms with Crippen LogP contribution in [0.25, 0.3) is 11.4 Å². The predicted octanol–water partition coefficient (Wildman–Crippen LogP) is 3.93. The Morgan fingerprint density at radius 1 is 1.21 bits per heavy atom. The van der Waals surface area contributed by atoms with E-state index in [1.54, 1.807) is 33.2 Å². The fourth-order valence-electron chi connectivity index (χ4n) is 2.56. The van der Waals surface area contributed by atoms with Crippen molar-refractivity contribution in [1.29, 1.82) is 0 Å². The van der Waals surface area contributed by atoms with Crippen molar-refractivity contribution in [2.45, 2.75) is 19.6 Å². The van der Waals surface area contributed by atoms with Crippen molar-refractivity contribution in [3.63, 3.8) is 0 Å². The molecule has 0 radical (unpaired) electrons. The Balaban J connectivity index is 1.62. The first-order chi connectivity index (χ1) is 13.5. The number of rotatable bonds is 7. The molecule has 28 heavy (non-hydrogen) atoms. The van der Waals surface area contributed by atoms with E-state index in [9.17, 15) is 4.79 Å². The first-order valence-corrected chi connectivity index (χ1v) is 9.40. The fraction of sp³-hybridized carbons (Fsp3) is 0.250. The van der Waals surface area contributed by atoms with Gasteiger partial charge in [0.2, 0.25) is 11.7 Å². The van der Waals surface area contributed by atoms with Crippen LogP contribution in [0.5, 0.6) is 11.5 Å². The zero-order valence-electron chi connectivity index (χ0n) is 15.8. The summed E-state index contributed by atoms with van der Waals surface area (Å²) in [4.78, 5) is 18.4. The molecule has 0 aliphatic carbocycles. The van der Waals surface area contributed by atoms with Gasteiger partial charge in [-0.2, -0.15) is 4.98 Å². The van der Waals surface area contributed by atoms with E-state index in [-0.39, 0.29) is 12.5 Å². The molecule has 0 aliphatic rings. The average molecular weight is 446 g/mol. The summed E-state index contributed by atoms with van der Waals surface area (Å²) in [6.45, 7) is 1.89. The normalized spacial score (nSPS) is 11.7. The van der Waals surface area contributed by atoms with Gasteiger partial charge in [0.25, 0.3) is 5.91 Å². The van der Waals surface area contributed by atoms with E-state index in [0.717, 1.165) is 10.0 Å². The number of carbonyl (C=O) groups is 1. The summed E-state index contributed by atoms with van der Waals surface area (Å²) < 4.78 is 17.1. The molecule has 0 saturated heterocycles. The predicted molar refractivity (Wildman–Crippen MR) is 107 cm³/mol. The fourth-order valence-corrected chi connectivity index (χ4v) is 2.82. The van der Waals surface area contributed by atoms with Crippen molar-refractivity contribution in [1.82, 2.24) is 15.0 Å². The smallest absolute Gasteiger partial charge is 0.263 e. The molecule has 3 rings (SSSR count). The number of amides is 1. The summed E-state index contributed by atoms with van der Waals surface area (Å²) in [5.74, 6) is 1.91. The average Bonchev–Trinajstić information content (AvgIpc) is 3.17. The number of methoxy groups -OCH3 is 1. The summed E-state index contributed by atoms with van der Waals surface area (Å²) in [6, 6.07) is 14.7. The van der Waals surface area contributed by atoms with E-state index >= 15 is 0 Å². The number of hydrogen-bond donors (Lipinski definition) is 0. The van der Waals surface area contributed by atoms with Crippen LogP contribution < -0.4 is 9.47 Å². The van der Waals surface area contributed by atoms with E-state index in [4.69, 9.17) is 14.0 Å². The van der Waals surface area contributed by atoms with Crippen LogP contribution in [0.15, 0.2) is 57.5 Å². The highest BCUT2D eigenvalue weighted by Crippen LogP contribution is 2.22. The Morgan fingerprint density at radius 2 is 1.96 bits per heavy atom. The molecule has 0 bridgehead atoms.